The number of amides is 2. The quantitative estimate of drug-likeness (QED) is 0.689. The van der Waals surface area contributed by atoms with E-state index in [1.54, 1.807) is 0 Å². The number of likely N-dealkylation sites (N-methyl/N-ethyl adjacent to an activating group) is 1. The average Bonchev–Trinajstić information content (AvgIpc) is 2.55. The van der Waals surface area contributed by atoms with Gasteiger partial charge in [0, 0.05) is 26.2 Å². The Bertz CT molecular complexity index is 164. The summed E-state index contributed by atoms with van der Waals surface area (Å²) in [5, 5.41) is 2.90. The lowest BCUT2D eigenvalue weighted by atomic mass is 10.4. The molecule has 1 heterocycles. The maximum absolute atomic E-state index is 11.4. The summed E-state index contributed by atoms with van der Waals surface area (Å²) in [5.41, 5.74) is 0. The van der Waals surface area contributed by atoms with Crippen LogP contribution in [0.15, 0.2) is 0 Å². The molecule has 13 heavy (non-hydrogen) atoms. The monoisotopic (exact) mass is 185 g/mol. The molecule has 2 amide bonds. The number of urea groups is 1. The smallest absolute Gasteiger partial charge is 0.317 e. The molecule has 4 heteroatoms. The number of nitrogens with zero attached hydrogens (tertiary/aromatic N) is 2. The molecule has 0 aromatic rings. The highest BCUT2D eigenvalue weighted by atomic mass is 16.2. The number of carbonyl (C=O) groups is 1. The van der Waals surface area contributed by atoms with Crippen molar-refractivity contribution in [3.8, 4) is 0 Å². The zero-order chi connectivity index (χ0) is 9.68. The molecule has 0 radical (unpaired) electrons. The Morgan fingerprint density at radius 1 is 1.38 bits per heavy atom. The third-order valence-corrected chi connectivity index (χ3v) is 2.23. The minimum absolute atomic E-state index is 0.0966. The highest BCUT2D eigenvalue weighted by molar-refractivity contribution is 5.74. The molecule has 0 spiro atoms. The summed E-state index contributed by atoms with van der Waals surface area (Å²) in [4.78, 5) is 15.4. The second kappa shape index (κ2) is 5.07. The summed E-state index contributed by atoms with van der Waals surface area (Å²) in [7, 11) is 4.00. The molecule has 0 atom stereocenters. The van der Waals surface area contributed by atoms with E-state index in [4.69, 9.17) is 0 Å². The minimum Gasteiger partial charge on any atom is -0.337 e. The predicted octanol–water partition coefficient (Wildman–Crippen LogP) is 0.353. The molecule has 1 rings (SSSR count). The second-order valence-electron chi connectivity index (χ2n) is 3.73. The van der Waals surface area contributed by atoms with Gasteiger partial charge in [0.15, 0.2) is 0 Å². The lowest BCUT2D eigenvalue weighted by molar-refractivity contribution is 0.207. The maximum atomic E-state index is 11.4. The highest BCUT2D eigenvalue weighted by Crippen LogP contribution is 2.06. The molecular formula is C9H19N3O. The number of rotatable bonds is 3. The summed E-state index contributed by atoms with van der Waals surface area (Å²) in [5.74, 6) is 0. The topological polar surface area (TPSA) is 35.6 Å². The van der Waals surface area contributed by atoms with Crippen LogP contribution in [0, 0.1) is 0 Å². The van der Waals surface area contributed by atoms with E-state index in [0.29, 0.717) is 0 Å². The summed E-state index contributed by atoms with van der Waals surface area (Å²) < 4.78 is 0. The van der Waals surface area contributed by atoms with Crippen LogP contribution in [-0.2, 0) is 0 Å². The molecule has 0 aromatic carbocycles. The van der Waals surface area contributed by atoms with Gasteiger partial charge < -0.3 is 15.1 Å². The van der Waals surface area contributed by atoms with Crippen LogP contribution < -0.4 is 5.32 Å². The summed E-state index contributed by atoms with van der Waals surface area (Å²) >= 11 is 0. The van der Waals surface area contributed by atoms with Gasteiger partial charge in [-0.3, -0.25) is 0 Å². The van der Waals surface area contributed by atoms with Crippen LogP contribution in [0.3, 0.4) is 0 Å². The Labute approximate surface area is 79.9 Å². The first-order chi connectivity index (χ1) is 6.20. The van der Waals surface area contributed by atoms with E-state index in [-0.39, 0.29) is 6.03 Å². The fourth-order valence-electron chi connectivity index (χ4n) is 1.42. The average molecular weight is 185 g/mol. The van der Waals surface area contributed by atoms with Crippen molar-refractivity contribution in [2.75, 3.05) is 40.3 Å². The number of nitrogens with one attached hydrogen (secondary N) is 1. The zero-order valence-electron chi connectivity index (χ0n) is 8.55. The predicted molar refractivity (Wildman–Crippen MR) is 52.8 cm³/mol. The number of likely N-dealkylation sites (tertiary alicyclic amines) is 1. The van der Waals surface area contributed by atoms with E-state index in [9.17, 15) is 4.79 Å². The van der Waals surface area contributed by atoms with Crippen molar-refractivity contribution in [1.29, 1.82) is 0 Å². The molecule has 1 N–H and O–H groups in total. The molecule has 1 fully saturated rings. The van der Waals surface area contributed by atoms with Crippen LogP contribution >= 0.6 is 0 Å². The number of hydrogen-bond donors (Lipinski definition) is 1. The molecule has 0 saturated carbocycles. The lowest BCUT2D eigenvalue weighted by Crippen LogP contribution is -2.40. The van der Waals surface area contributed by atoms with Gasteiger partial charge in [-0.15, -0.1) is 0 Å². The van der Waals surface area contributed by atoms with Crippen LogP contribution in [-0.4, -0.2) is 56.1 Å². The van der Waals surface area contributed by atoms with Gasteiger partial charge in [0.05, 0.1) is 0 Å². The van der Waals surface area contributed by atoms with E-state index in [1.807, 2.05) is 19.0 Å². The fraction of sp³-hybridized carbons (Fsp3) is 0.889. The van der Waals surface area contributed by atoms with E-state index in [1.165, 1.54) is 0 Å². The van der Waals surface area contributed by atoms with E-state index in [2.05, 4.69) is 10.2 Å². The molecule has 0 unspecified atom stereocenters. The van der Waals surface area contributed by atoms with E-state index in [0.717, 1.165) is 39.0 Å². The van der Waals surface area contributed by atoms with E-state index < -0.39 is 0 Å². The van der Waals surface area contributed by atoms with Crippen LogP contribution in [0.4, 0.5) is 4.79 Å². The second-order valence-corrected chi connectivity index (χ2v) is 3.73. The first kappa shape index (κ1) is 10.3. The van der Waals surface area contributed by atoms with Crippen molar-refractivity contribution in [1.82, 2.24) is 15.1 Å². The molecule has 76 valence electrons. The molecule has 0 aromatic heterocycles. The van der Waals surface area contributed by atoms with Crippen LogP contribution in [0.25, 0.3) is 0 Å². The minimum atomic E-state index is 0.0966. The summed E-state index contributed by atoms with van der Waals surface area (Å²) in [6.45, 7) is 3.49. The SMILES string of the molecule is CN(C)CCNC(=O)N1CCCC1. The molecule has 1 saturated heterocycles. The van der Waals surface area contributed by atoms with Crippen molar-refractivity contribution in [2.45, 2.75) is 12.8 Å². The van der Waals surface area contributed by atoms with Crippen molar-refractivity contribution in [3.05, 3.63) is 0 Å². The summed E-state index contributed by atoms with van der Waals surface area (Å²) in [6, 6.07) is 0.0966. The Balaban J connectivity index is 2.10. The Morgan fingerprint density at radius 3 is 2.54 bits per heavy atom. The van der Waals surface area contributed by atoms with Crippen molar-refractivity contribution in [3.63, 3.8) is 0 Å². The molecule has 4 nitrogen and oxygen atoms in total. The largest absolute Gasteiger partial charge is 0.337 e. The van der Waals surface area contributed by atoms with Gasteiger partial charge in [-0.05, 0) is 26.9 Å². The Hall–Kier alpha value is -0.770. The Kier molecular flexibility index (Phi) is 4.02. The van der Waals surface area contributed by atoms with Gasteiger partial charge in [-0.25, -0.2) is 4.79 Å². The molecule has 1 aliphatic heterocycles. The Morgan fingerprint density at radius 2 is 2.00 bits per heavy atom. The fourth-order valence-corrected chi connectivity index (χ4v) is 1.42. The first-order valence-corrected chi connectivity index (χ1v) is 4.87. The molecular weight excluding hydrogens is 166 g/mol. The summed E-state index contributed by atoms with van der Waals surface area (Å²) in [6.07, 6.45) is 2.31. The van der Waals surface area contributed by atoms with Crippen LogP contribution in [0.5, 0.6) is 0 Å². The molecule has 1 aliphatic rings. The van der Waals surface area contributed by atoms with Gasteiger partial charge in [0.2, 0.25) is 0 Å². The number of hydrogen-bond acceptors (Lipinski definition) is 2. The lowest BCUT2D eigenvalue weighted by Gasteiger charge is -2.17. The molecule has 0 bridgehead atoms. The first-order valence-electron chi connectivity index (χ1n) is 4.87. The van der Waals surface area contributed by atoms with Gasteiger partial charge in [0.25, 0.3) is 0 Å². The number of carbonyl (C=O) groups excluding carboxylic acids is 1. The third-order valence-electron chi connectivity index (χ3n) is 2.23. The third kappa shape index (κ3) is 3.63. The van der Waals surface area contributed by atoms with Gasteiger partial charge in [0.1, 0.15) is 0 Å². The van der Waals surface area contributed by atoms with Crippen molar-refractivity contribution in [2.24, 2.45) is 0 Å². The van der Waals surface area contributed by atoms with Gasteiger partial charge in [-0.1, -0.05) is 0 Å². The van der Waals surface area contributed by atoms with Crippen LogP contribution in [0.1, 0.15) is 12.8 Å². The van der Waals surface area contributed by atoms with Crippen molar-refractivity contribution >= 4 is 6.03 Å². The van der Waals surface area contributed by atoms with E-state index >= 15 is 0 Å². The van der Waals surface area contributed by atoms with Crippen LogP contribution in [0.2, 0.25) is 0 Å². The normalized spacial score (nSPS) is 16.7. The maximum Gasteiger partial charge on any atom is 0.317 e. The molecule has 0 aliphatic carbocycles. The highest BCUT2D eigenvalue weighted by Gasteiger charge is 2.16. The van der Waals surface area contributed by atoms with Crippen molar-refractivity contribution < 1.29 is 4.79 Å². The zero-order valence-corrected chi connectivity index (χ0v) is 8.55. The standard InChI is InChI=1S/C9H19N3O/c1-11(2)8-5-10-9(13)12-6-3-4-7-12/h3-8H2,1-2H3,(H,10,13). The van der Waals surface area contributed by atoms with Gasteiger partial charge >= 0.3 is 6.03 Å². The van der Waals surface area contributed by atoms with Gasteiger partial charge in [-0.2, -0.15) is 0 Å².